The van der Waals surface area contributed by atoms with Crippen LogP contribution in [0.1, 0.15) is 39.7 Å². The zero-order valence-corrected chi connectivity index (χ0v) is 16.7. The number of urea groups is 1. The summed E-state index contributed by atoms with van der Waals surface area (Å²) in [7, 11) is 0. The molecule has 0 fully saturated rings. The summed E-state index contributed by atoms with van der Waals surface area (Å²) in [4.78, 5) is 28.2. The standard InChI is InChI=1S/C20H29N5O2/c1-6-18(26)23-16-11-15(8-7-14(16)2)22-19(27)24-17(20(3,4)5)12-25-10-9-21-13-25/h7-11,13,17H,6,12H2,1-5H3,(H,23,26)(H2,22,24,27)/t17-/m0/s1. The third kappa shape index (κ3) is 6.13. The van der Waals surface area contributed by atoms with Crippen molar-refractivity contribution in [2.24, 2.45) is 5.41 Å². The monoisotopic (exact) mass is 371 g/mol. The van der Waals surface area contributed by atoms with Crippen molar-refractivity contribution in [3.63, 3.8) is 0 Å². The lowest BCUT2D eigenvalue weighted by Gasteiger charge is -2.31. The predicted octanol–water partition coefficient (Wildman–Crippen LogP) is 3.78. The van der Waals surface area contributed by atoms with E-state index >= 15 is 0 Å². The van der Waals surface area contributed by atoms with Crippen LogP contribution in [0.4, 0.5) is 16.2 Å². The number of imidazole rings is 1. The molecule has 3 amide bonds. The van der Waals surface area contributed by atoms with Gasteiger partial charge in [0.05, 0.1) is 12.4 Å². The van der Waals surface area contributed by atoms with Crippen LogP contribution in [0.15, 0.2) is 36.9 Å². The van der Waals surface area contributed by atoms with Gasteiger partial charge in [-0.3, -0.25) is 4.79 Å². The minimum absolute atomic E-state index is 0.0622. The second-order valence-corrected chi connectivity index (χ2v) is 7.71. The van der Waals surface area contributed by atoms with E-state index in [9.17, 15) is 9.59 Å². The van der Waals surface area contributed by atoms with Crippen molar-refractivity contribution in [2.75, 3.05) is 10.6 Å². The molecule has 0 bridgehead atoms. The van der Waals surface area contributed by atoms with Crippen LogP contribution >= 0.6 is 0 Å². The highest BCUT2D eigenvalue weighted by Gasteiger charge is 2.26. The molecule has 0 unspecified atom stereocenters. The van der Waals surface area contributed by atoms with Crippen molar-refractivity contribution in [1.29, 1.82) is 0 Å². The van der Waals surface area contributed by atoms with Crippen molar-refractivity contribution < 1.29 is 9.59 Å². The SMILES string of the molecule is CCC(=O)Nc1cc(NC(=O)N[C@@H](Cn2ccnc2)C(C)(C)C)ccc1C. The molecule has 0 aliphatic rings. The first-order valence-corrected chi connectivity index (χ1v) is 9.12. The second-order valence-electron chi connectivity index (χ2n) is 7.71. The predicted molar refractivity (Wildman–Crippen MR) is 108 cm³/mol. The molecule has 0 spiro atoms. The van der Waals surface area contributed by atoms with Crippen LogP contribution in [0.5, 0.6) is 0 Å². The average molecular weight is 371 g/mol. The Kier molecular flexibility index (Phi) is 6.60. The Morgan fingerprint density at radius 2 is 1.96 bits per heavy atom. The fourth-order valence-corrected chi connectivity index (χ4v) is 2.54. The van der Waals surface area contributed by atoms with E-state index in [-0.39, 0.29) is 23.4 Å². The van der Waals surface area contributed by atoms with Crippen LogP contribution in [0.2, 0.25) is 0 Å². The molecule has 27 heavy (non-hydrogen) atoms. The van der Waals surface area contributed by atoms with E-state index in [1.807, 2.05) is 29.8 Å². The highest BCUT2D eigenvalue weighted by atomic mass is 16.2. The van der Waals surface area contributed by atoms with Crippen LogP contribution in [0, 0.1) is 12.3 Å². The summed E-state index contributed by atoms with van der Waals surface area (Å²) in [5.41, 5.74) is 2.13. The number of amides is 3. The van der Waals surface area contributed by atoms with E-state index in [2.05, 4.69) is 41.7 Å². The van der Waals surface area contributed by atoms with Gasteiger partial charge in [0.25, 0.3) is 0 Å². The minimum atomic E-state index is -0.285. The smallest absolute Gasteiger partial charge is 0.319 e. The van der Waals surface area contributed by atoms with Crippen molar-refractivity contribution in [1.82, 2.24) is 14.9 Å². The van der Waals surface area contributed by atoms with E-state index in [1.54, 1.807) is 25.5 Å². The van der Waals surface area contributed by atoms with Gasteiger partial charge in [0, 0.05) is 36.7 Å². The number of aryl methyl sites for hydroxylation is 1. The quantitative estimate of drug-likeness (QED) is 0.722. The Labute approximate surface area is 160 Å². The van der Waals surface area contributed by atoms with Gasteiger partial charge < -0.3 is 20.5 Å². The summed E-state index contributed by atoms with van der Waals surface area (Å²) >= 11 is 0. The zero-order valence-electron chi connectivity index (χ0n) is 16.7. The number of hydrogen-bond donors (Lipinski definition) is 3. The Morgan fingerprint density at radius 3 is 2.56 bits per heavy atom. The number of carbonyl (C=O) groups excluding carboxylic acids is 2. The number of nitrogens with zero attached hydrogens (tertiary/aromatic N) is 2. The largest absolute Gasteiger partial charge is 0.335 e. The van der Waals surface area contributed by atoms with E-state index in [1.165, 1.54) is 0 Å². The Hall–Kier alpha value is -2.83. The van der Waals surface area contributed by atoms with Crippen molar-refractivity contribution in [3.8, 4) is 0 Å². The number of hydrogen-bond acceptors (Lipinski definition) is 3. The molecule has 1 aromatic heterocycles. The third-order valence-electron chi connectivity index (χ3n) is 4.39. The minimum Gasteiger partial charge on any atom is -0.335 e. The molecule has 2 aromatic rings. The number of aromatic nitrogens is 2. The lowest BCUT2D eigenvalue weighted by Crippen LogP contribution is -2.47. The maximum absolute atomic E-state index is 12.5. The summed E-state index contributed by atoms with van der Waals surface area (Å²) in [6, 6.07) is 5.08. The summed E-state index contributed by atoms with van der Waals surface area (Å²) in [6.07, 6.45) is 5.74. The van der Waals surface area contributed by atoms with Crippen molar-refractivity contribution >= 4 is 23.3 Å². The molecule has 0 radical (unpaired) electrons. The van der Waals surface area contributed by atoms with E-state index in [0.29, 0.717) is 24.3 Å². The van der Waals surface area contributed by atoms with Crippen molar-refractivity contribution in [3.05, 3.63) is 42.5 Å². The molecule has 1 atom stereocenters. The number of nitrogens with one attached hydrogen (secondary N) is 3. The summed E-state index contributed by atoms with van der Waals surface area (Å²) in [5.74, 6) is -0.0622. The molecule has 7 nitrogen and oxygen atoms in total. The van der Waals surface area contributed by atoms with E-state index < -0.39 is 0 Å². The van der Waals surface area contributed by atoms with E-state index in [4.69, 9.17) is 0 Å². The summed E-state index contributed by atoms with van der Waals surface area (Å²) < 4.78 is 1.94. The van der Waals surface area contributed by atoms with Gasteiger partial charge in [0.15, 0.2) is 0 Å². The first-order chi connectivity index (χ1) is 12.7. The molecule has 146 valence electrons. The topological polar surface area (TPSA) is 88.0 Å². The number of carbonyl (C=O) groups is 2. The fraction of sp³-hybridized carbons (Fsp3) is 0.450. The molecule has 3 N–H and O–H groups in total. The normalized spacial score (nSPS) is 12.3. The lowest BCUT2D eigenvalue weighted by molar-refractivity contribution is -0.115. The van der Waals surface area contributed by atoms with Gasteiger partial charge in [-0.2, -0.15) is 0 Å². The van der Waals surface area contributed by atoms with Crippen LogP contribution in [-0.2, 0) is 11.3 Å². The van der Waals surface area contributed by atoms with Crippen LogP contribution in [0.25, 0.3) is 0 Å². The second kappa shape index (κ2) is 8.70. The molecule has 0 saturated heterocycles. The summed E-state index contributed by atoms with van der Waals surface area (Å²) in [5, 5.41) is 8.75. The number of benzene rings is 1. The maximum atomic E-state index is 12.5. The van der Waals surface area contributed by atoms with Gasteiger partial charge in [0.1, 0.15) is 0 Å². The van der Waals surface area contributed by atoms with Gasteiger partial charge in [-0.15, -0.1) is 0 Å². The molecule has 2 rings (SSSR count). The fourth-order valence-electron chi connectivity index (χ4n) is 2.54. The highest BCUT2D eigenvalue weighted by molar-refractivity contribution is 5.94. The Balaban J connectivity index is 2.06. The van der Waals surface area contributed by atoms with Gasteiger partial charge in [-0.1, -0.05) is 33.8 Å². The highest BCUT2D eigenvalue weighted by Crippen LogP contribution is 2.22. The van der Waals surface area contributed by atoms with Gasteiger partial charge in [-0.05, 0) is 30.0 Å². The van der Waals surface area contributed by atoms with Crippen molar-refractivity contribution in [2.45, 2.75) is 53.6 Å². The molecule has 0 saturated carbocycles. The lowest BCUT2D eigenvalue weighted by atomic mass is 9.86. The third-order valence-corrected chi connectivity index (χ3v) is 4.39. The average Bonchev–Trinajstić information content (AvgIpc) is 3.09. The first kappa shape index (κ1) is 20.5. The zero-order chi connectivity index (χ0) is 20.0. The molecule has 1 aromatic carbocycles. The molecular weight excluding hydrogens is 342 g/mol. The van der Waals surface area contributed by atoms with Gasteiger partial charge in [-0.25, -0.2) is 9.78 Å². The van der Waals surface area contributed by atoms with Crippen LogP contribution in [-0.4, -0.2) is 27.5 Å². The van der Waals surface area contributed by atoms with Gasteiger partial charge >= 0.3 is 6.03 Å². The van der Waals surface area contributed by atoms with E-state index in [0.717, 1.165) is 5.56 Å². The van der Waals surface area contributed by atoms with Crippen LogP contribution < -0.4 is 16.0 Å². The molecule has 1 heterocycles. The first-order valence-electron chi connectivity index (χ1n) is 9.12. The van der Waals surface area contributed by atoms with Crippen LogP contribution in [0.3, 0.4) is 0 Å². The maximum Gasteiger partial charge on any atom is 0.319 e. The van der Waals surface area contributed by atoms with Gasteiger partial charge in [0.2, 0.25) is 5.91 Å². The molecule has 0 aliphatic carbocycles. The molecule has 0 aliphatic heterocycles. The molecule has 7 heteroatoms. The number of anilines is 2. The molecular formula is C20H29N5O2. The Morgan fingerprint density at radius 1 is 1.22 bits per heavy atom. The Bertz CT molecular complexity index is 778. The number of rotatable bonds is 6. The summed E-state index contributed by atoms with van der Waals surface area (Å²) in [6.45, 7) is 10.6.